The van der Waals surface area contributed by atoms with E-state index in [1.54, 1.807) is 30.5 Å². The number of halogens is 7. The fourth-order valence-corrected chi connectivity index (χ4v) is 5.60. The zero-order valence-electron chi connectivity index (χ0n) is 30.2. The monoisotopic (exact) mass is 840 g/mol. The van der Waals surface area contributed by atoms with Crippen LogP contribution in [-0.4, -0.2) is 86.5 Å². The van der Waals surface area contributed by atoms with Gasteiger partial charge in [-0.3, -0.25) is 9.78 Å². The van der Waals surface area contributed by atoms with E-state index in [1.165, 1.54) is 0 Å². The van der Waals surface area contributed by atoms with Crippen molar-refractivity contribution < 1.29 is 60.5 Å². The molecule has 15 nitrogen and oxygen atoms in total. The van der Waals surface area contributed by atoms with E-state index in [-0.39, 0.29) is 17.9 Å². The molecule has 4 heterocycles. The maximum Gasteiger partial charge on any atom is 0.490 e. The summed E-state index contributed by atoms with van der Waals surface area (Å²) < 4.78 is 68.7. The van der Waals surface area contributed by atoms with E-state index < -0.39 is 24.3 Å². The highest BCUT2D eigenvalue weighted by molar-refractivity contribution is 6.32. The molecule has 6 N–H and O–H groups in total. The average molecular weight is 841 g/mol. The predicted molar refractivity (Wildman–Crippen MR) is 199 cm³/mol. The molecule has 0 aliphatic carbocycles. The van der Waals surface area contributed by atoms with Gasteiger partial charge in [0.2, 0.25) is 11.9 Å². The van der Waals surface area contributed by atoms with Crippen molar-refractivity contribution in [2.45, 2.75) is 44.5 Å². The van der Waals surface area contributed by atoms with Gasteiger partial charge in [-0.1, -0.05) is 17.7 Å². The number of carboxylic acids is 2. The largest absolute Gasteiger partial charge is 0.497 e. The molecule has 4 aromatic rings. The van der Waals surface area contributed by atoms with Crippen LogP contribution in [-0.2, 0) is 27.2 Å². The fourth-order valence-electron chi connectivity index (χ4n) is 5.46. The summed E-state index contributed by atoms with van der Waals surface area (Å²) in [4.78, 5) is 58.8. The average Bonchev–Trinajstić information content (AvgIpc) is 3.16. The van der Waals surface area contributed by atoms with Crippen molar-refractivity contribution in [3.63, 3.8) is 0 Å². The lowest BCUT2D eigenvalue weighted by atomic mass is 9.93. The van der Waals surface area contributed by atoms with Crippen LogP contribution in [0.25, 0.3) is 0 Å². The van der Waals surface area contributed by atoms with Gasteiger partial charge in [0.05, 0.1) is 25.2 Å². The first-order valence-corrected chi connectivity index (χ1v) is 17.4. The number of carbonyl (C=O) groups is 4. The lowest BCUT2D eigenvalue weighted by Gasteiger charge is -2.31. The number of nitrogens with zero attached hydrogens (tertiary/aromatic N) is 4. The molecule has 2 aromatic heterocycles. The highest BCUT2D eigenvalue weighted by atomic mass is 35.5. The molecule has 22 heteroatoms. The van der Waals surface area contributed by atoms with Gasteiger partial charge in [0, 0.05) is 48.8 Å². The minimum atomic E-state index is -5.08. The van der Waals surface area contributed by atoms with Crippen LogP contribution in [0, 0.1) is 5.92 Å². The van der Waals surface area contributed by atoms with E-state index in [0.717, 1.165) is 47.5 Å². The number of methoxy groups -OCH3 is 1. The number of hydrogen-bond acceptors (Lipinski definition) is 10. The number of aryl methyl sites for hydroxylation is 2. The van der Waals surface area contributed by atoms with E-state index >= 15 is 0 Å². The fraction of sp³-hybridized carbons (Fsp3) is 0.306. The lowest BCUT2D eigenvalue weighted by molar-refractivity contribution is -0.193. The molecule has 1 fully saturated rings. The molecule has 0 saturated carbocycles. The van der Waals surface area contributed by atoms with Crippen LogP contribution in [0.2, 0.25) is 5.02 Å². The van der Waals surface area contributed by atoms with Gasteiger partial charge in [-0.05, 0) is 79.1 Å². The molecule has 6 rings (SSSR count). The maximum absolute atomic E-state index is 13.2. The minimum Gasteiger partial charge on any atom is -0.497 e. The number of likely N-dealkylation sites (tertiary alicyclic amines) is 1. The van der Waals surface area contributed by atoms with Crippen LogP contribution < -0.4 is 26.0 Å². The Kier molecular flexibility index (Phi) is 15.0. The normalized spacial score (nSPS) is 13.8. The second-order valence-corrected chi connectivity index (χ2v) is 13.0. The van der Waals surface area contributed by atoms with Crippen molar-refractivity contribution in [2.75, 3.05) is 41.5 Å². The molecule has 310 valence electrons. The van der Waals surface area contributed by atoms with Gasteiger partial charge in [0.1, 0.15) is 10.8 Å². The number of ether oxygens (including phenoxy) is 1. The number of amides is 3. The third-order valence-corrected chi connectivity index (χ3v) is 8.58. The van der Waals surface area contributed by atoms with E-state index in [4.69, 9.17) is 36.1 Å². The summed E-state index contributed by atoms with van der Waals surface area (Å²) in [6.45, 7) is 1.18. The van der Waals surface area contributed by atoms with Crippen LogP contribution in [0.5, 0.6) is 5.75 Å². The standard InChI is InChI=1S/C32H33ClN8O3.2C2HF3O2/c1-44-26-4-2-3-23(16-26)38-32(43)41-11-9-20(10-12-41)14-29(42)39-28-8-7-24-15-22(28)6-5-21-13-25(18-34-17-21)37-31-35-19-27(33)30(36-24)40-31;2*3-2(4,5)1(6)7/h2-4,7-8,13,15-20H,5-6,9-12,14H2,1H3,(H,38,43)(H,39,42)(H2,35,36,37,40);2*(H,6,7). The Balaban J connectivity index is 0.000000456. The van der Waals surface area contributed by atoms with Crippen molar-refractivity contribution in [1.82, 2.24) is 19.9 Å². The summed E-state index contributed by atoms with van der Waals surface area (Å²) in [6, 6.07) is 15.0. The van der Waals surface area contributed by atoms with Gasteiger partial charge < -0.3 is 41.1 Å². The number of alkyl halides is 6. The quantitative estimate of drug-likeness (QED) is 0.107. The smallest absolute Gasteiger partial charge is 0.490 e. The Morgan fingerprint density at radius 1 is 0.879 bits per heavy atom. The number of carboxylic acid groups (broad SMARTS) is 2. The zero-order valence-corrected chi connectivity index (χ0v) is 31.0. The molecule has 0 unspecified atom stereocenters. The Bertz CT molecular complexity index is 2080. The molecular weight excluding hydrogens is 806 g/mol. The van der Waals surface area contributed by atoms with Gasteiger partial charge in [0.25, 0.3) is 0 Å². The zero-order chi connectivity index (χ0) is 42.6. The van der Waals surface area contributed by atoms with Gasteiger partial charge in [-0.2, -0.15) is 31.3 Å². The number of pyridine rings is 1. The number of aliphatic carboxylic acids is 2. The first-order chi connectivity index (χ1) is 27.3. The van der Waals surface area contributed by atoms with Crippen LogP contribution in [0.4, 0.5) is 65.7 Å². The van der Waals surface area contributed by atoms with E-state index in [9.17, 15) is 35.9 Å². The summed E-state index contributed by atoms with van der Waals surface area (Å²) in [5.74, 6) is -3.80. The Hall–Kier alpha value is -6.38. The number of anilines is 6. The predicted octanol–water partition coefficient (Wildman–Crippen LogP) is 7.66. The first-order valence-electron chi connectivity index (χ1n) is 17.0. The number of aromatic nitrogens is 3. The van der Waals surface area contributed by atoms with Gasteiger partial charge in [0.15, 0.2) is 5.82 Å². The van der Waals surface area contributed by atoms with Crippen LogP contribution in [0.3, 0.4) is 0 Å². The van der Waals surface area contributed by atoms with E-state index in [1.807, 2.05) is 48.7 Å². The third kappa shape index (κ3) is 13.7. The van der Waals surface area contributed by atoms with E-state index in [0.29, 0.717) is 54.2 Å². The minimum absolute atomic E-state index is 0.0412. The number of hydrogen-bond donors (Lipinski definition) is 6. The molecule has 1 saturated heterocycles. The molecule has 0 atom stereocenters. The summed E-state index contributed by atoms with van der Waals surface area (Å²) >= 11 is 6.39. The van der Waals surface area contributed by atoms with Gasteiger partial charge in [-0.15, -0.1) is 0 Å². The molecule has 0 spiro atoms. The van der Waals surface area contributed by atoms with Gasteiger partial charge in [-0.25, -0.2) is 19.4 Å². The Morgan fingerprint density at radius 2 is 1.55 bits per heavy atom. The number of nitrogens with one attached hydrogen (secondary N) is 4. The molecule has 6 bridgehead atoms. The van der Waals surface area contributed by atoms with Gasteiger partial charge >= 0.3 is 30.3 Å². The SMILES string of the molecule is COc1cccc(NC(=O)N2CCC(CC(=O)Nc3ccc4cc3CCc3cncc(c3)Nc3ncc(Cl)c(n3)N4)CC2)c1.O=C(O)C(F)(F)F.O=C(O)C(F)(F)F. The molecule has 58 heavy (non-hydrogen) atoms. The number of benzene rings is 2. The van der Waals surface area contributed by atoms with Crippen molar-refractivity contribution in [2.24, 2.45) is 5.92 Å². The summed E-state index contributed by atoms with van der Waals surface area (Å²) in [5.41, 5.74) is 5.05. The lowest BCUT2D eigenvalue weighted by Crippen LogP contribution is -2.41. The number of fused-ring (bicyclic) bond motifs is 6. The highest BCUT2D eigenvalue weighted by Gasteiger charge is 2.39. The van der Waals surface area contributed by atoms with Crippen molar-refractivity contribution in [1.29, 1.82) is 0 Å². The van der Waals surface area contributed by atoms with Crippen LogP contribution in [0.15, 0.2) is 67.1 Å². The molecule has 2 aliphatic rings. The molecule has 2 aliphatic heterocycles. The highest BCUT2D eigenvalue weighted by Crippen LogP contribution is 2.30. The molecular formula is C36H35ClF6N8O7. The van der Waals surface area contributed by atoms with E-state index in [2.05, 4.69) is 36.2 Å². The number of urea groups is 1. The second kappa shape index (κ2) is 19.7. The van der Waals surface area contributed by atoms with Crippen LogP contribution >= 0.6 is 11.6 Å². The number of piperidine rings is 1. The number of carbonyl (C=O) groups excluding carboxylic acids is 2. The van der Waals surface area contributed by atoms with Crippen molar-refractivity contribution in [3.8, 4) is 5.75 Å². The Labute approximate surface area is 330 Å². The summed E-state index contributed by atoms with van der Waals surface area (Å²) in [6.07, 6.45) is -1.75. The molecule has 2 aromatic carbocycles. The third-order valence-electron chi connectivity index (χ3n) is 8.30. The van der Waals surface area contributed by atoms with Crippen LogP contribution in [0.1, 0.15) is 30.4 Å². The second-order valence-electron chi connectivity index (χ2n) is 12.5. The number of rotatable bonds is 5. The van der Waals surface area contributed by atoms with Crippen molar-refractivity contribution in [3.05, 3.63) is 83.3 Å². The maximum atomic E-state index is 13.2. The molecule has 3 amide bonds. The first kappa shape index (κ1) is 44.3. The summed E-state index contributed by atoms with van der Waals surface area (Å²) in [5, 5.41) is 27.2. The topological polar surface area (TPSA) is 208 Å². The Morgan fingerprint density at radius 3 is 2.19 bits per heavy atom. The molecule has 0 radical (unpaired) electrons. The van der Waals surface area contributed by atoms with Crippen molar-refractivity contribution >= 4 is 70.0 Å². The summed E-state index contributed by atoms with van der Waals surface area (Å²) in [7, 11) is 1.59.